The first kappa shape index (κ1) is 12.9. The molecule has 0 atom stereocenters. The van der Waals surface area contributed by atoms with Gasteiger partial charge in [0.05, 0.1) is 6.54 Å². The first-order valence-electron chi connectivity index (χ1n) is 6.91. The highest BCUT2D eigenvalue weighted by Crippen LogP contribution is 2.21. The number of hydrogen-bond acceptors (Lipinski definition) is 4. The molecule has 1 aromatic heterocycles. The smallest absolute Gasteiger partial charge is 0.320 e. The molecule has 2 fully saturated rings. The summed E-state index contributed by atoms with van der Waals surface area (Å²) in [6.45, 7) is 6.42. The van der Waals surface area contributed by atoms with Crippen molar-refractivity contribution in [2.24, 2.45) is 0 Å². The molecule has 1 aromatic rings. The molecule has 0 aromatic carbocycles. The highest BCUT2D eigenvalue weighted by molar-refractivity contribution is 7.09. The van der Waals surface area contributed by atoms with E-state index in [1.165, 1.54) is 0 Å². The van der Waals surface area contributed by atoms with Crippen LogP contribution in [0.2, 0.25) is 0 Å². The summed E-state index contributed by atoms with van der Waals surface area (Å²) in [5.74, 6) is 0. The zero-order valence-electron chi connectivity index (χ0n) is 11.3. The number of carbonyl (C=O) groups is 1. The normalized spacial score (nSPS) is 21.4. The SMILES string of the molecule is Cc1csc(CN2CCN(C3CCNCC3)C2=O)n1. The summed E-state index contributed by atoms with van der Waals surface area (Å²) in [6, 6.07) is 0.622. The quantitative estimate of drug-likeness (QED) is 0.911. The monoisotopic (exact) mass is 280 g/mol. The molecule has 0 saturated carbocycles. The maximum atomic E-state index is 12.4. The standard InChI is InChI=1S/C13H20N4OS/c1-10-9-19-12(15-10)8-16-6-7-17(13(16)18)11-2-4-14-5-3-11/h9,11,14H,2-8H2,1H3. The Morgan fingerprint density at radius 1 is 1.42 bits per heavy atom. The Morgan fingerprint density at radius 2 is 2.21 bits per heavy atom. The number of carbonyl (C=O) groups excluding carboxylic acids is 1. The number of rotatable bonds is 3. The molecule has 5 nitrogen and oxygen atoms in total. The number of piperidine rings is 1. The number of nitrogens with one attached hydrogen (secondary N) is 1. The topological polar surface area (TPSA) is 48.5 Å². The van der Waals surface area contributed by atoms with Crippen LogP contribution in [0.3, 0.4) is 0 Å². The first-order chi connectivity index (χ1) is 9.24. The van der Waals surface area contributed by atoms with E-state index < -0.39 is 0 Å². The van der Waals surface area contributed by atoms with Crippen LogP contribution in [0.4, 0.5) is 4.79 Å². The molecule has 0 bridgehead atoms. The van der Waals surface area contributed by atoms with Crippen molar-refractivity contribution in [3.63, 3.8) is 0 Å². The van der Waals surface area contributed by atoms with Gasteiger partial charge in [-0.05, 0) is 32.9 Å². The van der Waals surface area contributed by atoms with E-state index >= 15 is 0 Å². The Bertz CT molecular complexity index is 455. The molecule has 104 valence electrons. The number of urea groups is 1. The minimum atomic E-state index is 0.194. The summed E-state index contributed by atoms with van der Waals surface area (Å²) in [6.07, 6.45) is 2.16. The summed E-state index contributed by atoms with van der Waals surface area (Å²) in [5, 5.41) is 6.43. The second kappa shape index (κ2) is 5.46. The molecular weight excluding hydrogens is 260 g/mol. The highest BCUT2D eigenvalue weighted by Gasteiger charge is 2.34. The Labute approximate surface area is 117 Å². The van der Waals surface area contributed by atoms with Crippen LogP contribution in [0.5, 0.6) is 0 Å². The van der Waals surface area contributed by atoms with E-state index in [0.29, 0.717) is 12.6 Å². The lowest BCUT2D eigenvalue weighted by atomic mass is 10.1. The van der Waals surface area contributed by atoms with Gasteiger partial charge in [0.2, 0.25) is 0 Å². The molecule has 0 aliphatic carbocycles. The van der Waals surface area contributed by atoms with Crippen LogP contribution in [0.15, 0.2) is 5.38 Å². The fourth-order valence-electron chi connectivity index (χ4n) is 2.84. The van der Waals surface area contributed by atoms with Gasteiger partial charge >= 0.3 is 6.03 Å². The van der Waals surface area contributed by atoms with Crippen molar-refractivity contribution in [2.75, 3.05) is 26.2 Å². The summed E-state index contributed by atoms with van der Waals surface area (Å²) in [7, 11) is 0. The van der Waals surface area contributed by atoms with Crippen molar-refractivity contribution in [1.29, 1.82) is 0 Å². The van der Waals surface area contributed by atoms with Gasteiger partial charge in [0.15, 0.2) is 0 Å². The Kier molecular flexibility index (Phi) is 3.70. The van der Waals surface area contributed by atoms with Crippen molar-refractivity contribution in [2.45, 2.75) is 32.4 Å². The molecule has 2 amide bonds. The summed E-state index contributed by atoms with van der Waals surface area (Å²) in [4.78, 5) is 20.9. The second-order valence-electron chi connectivity index (χ2n) is 5.26. The van der Waals surface area contributed by atoms with Crippen LogP contribution in [0.1, 0.15) is 23.5 Å². The van der Waals surface area contributed by atoms with E-state index in [0.717, 1.165) is 49.7 Å². The molecule has 19 heavy (non-hydrogen) atoms. The van der Waals surface area contributed by atoms with Crippen LogP contribution in [0, 0.1) is 6.92 Å². The van der Waals surface area contributed by atoms with Crippen LogP contribution in [0.25, 0.3) is 0 Å². The molecule has 3 heterocycles. The van der Waals surface area contributed by atoms with Crippen LogP contribution in [-0.4, -0.2) is 53.0 Å². The average molecular weight is 280 g/mol. The van der Waals surface area contributed by atoms with Gasteiger partial charge in [0, 0.05) is 30.2 Å². The van der Waals surface area contributed by atoms with Crippen molar-refractivity contribution in [3.05, 3.63) is 16.1 Å². The average Bonchev–Trinajstić information content (AvgIpc) is 2.99. The third kappa shape index (κ3) is 2.74. The van der Waals surface area contributed by atoms with Gasteiger partial charge in [-0.2, -0.15) is 0 Å². The fraction of sp³-hybridized carbons (Fsp3) is 0.692. The van der Waals surface area contributed by atoms with Crippen LogP contribution >= 0.6 is 11.3 Å². The number of aromatic nitrogens is 1. The Balaban J connectivity index is 1.61. The molecule has 0 spiro atoms. The lowest BCUT2D eigenvalue weighted by molar-refractivity contribution is 0.164. The Hall–Kier alpha value is -1.14. The maximum Gasteiger partial charge on any atom is 0.320 e. The number of hydrogen-bond donors (Lipinski definition) is 1. The molecule has 3 rings (SSSR count). The molecule has 0 unspecified atom stereocenters. The van der Waals surface area contributed by atoms with Crippen LogP contribution in [-0.2, 0) is 6.54 Å². The van der Waals surface area contributed by atoms with Crippen molar-refractivity contribution < 1.29 is 4.79 Å². The molecule has 0 radical (unpaired) electrons. The number of thiazole rings is 1. The lowest BCUT2D eigenvalue weighted by Gasteiger charge is -2.31. The fourth-order valence-corrected chi connectivity index (χ4v) is 3.63. The van der Waals surface area contributed by atoms with E-state index in [-0.39, 0.29) is 6.03 Å². The molecule has 6 heteroatoms. The number of nitrogens with zero attached hydrogens (tertiary/aromatic N) is 3. The largest absolute Gasteiger partial charge is 0.320 e. The third-order valence-electron chi connectivity index (χ3n) is 3.87. The minimum absolute atomic E-state index is 0.194. The van der Waals surface area contributed by atoms with Gasteiger partial charge in [0.1, 0.15) is 5.01 Å². The molecule has 1 N–H and O–H groups in total. The number of amides is 2. The molecule has 2 saturated heterocycles. The summed E-state index contributed by atoms with van der Waals surface area (Å²) in [5.41, 5.74) is 1.04. The predicted molar refractivity (Wildman–Crippen MR) is 75.3 cm³/mol. The van der Waals surface area contributed by atoms with Gasteiger partial charge in [-0.25, -0.2) is 9.78 Å². The number of aryl methyl sites for hydroxylation is 1. The summed E-state index contributed by atoms with van der Waals surface area (Å²) >= 11 is 1.64. The van der Waals surface area contributed by atoms with Gasteiger partial charge in [-0.3, -0.25) is 0 Å². The van der Waals surface area contributed by atoms with Gasteiger partial charge < -0.3 is 15.1 Å². The third-order valence-corrected chi connectivity index (χ3v) is 4.82. The maximum absolute atomic E-state index is 12.4. The second-order valence-corrected chi connectivity index (χ2v) is 6.20. The zero-order valence-corrected chi connectivity index (χ0v) is 12.1. The summed E-state index contributed by atoms with van der Waals surface area (Å²) < 4.78 is 0. The molecular formula is C13H20N4OS. The molecule has 2 aliphatic rings. The van der Waals surface area contributed by atoms with E-state index in [4.69, 9.17) is 0 Å². The zero-order chi connectivity index (χ0) is 13.2. The first-order valence-corrected chi connectivity index (χ1v) is 7.79. The Morgan fingerprint density at radius 3 is 2.89 bits per heavy atom. The van der Waals surface area contributed by atoms with Crippen LogP contribution < -0.4 is 5.32 Å². The van der Waals surface area contributed by atoms with Crippen molar-refractivity contribution in [1.82, 2.24) is 20.1 Å². The van der Waals surface area contributed by atoms with E-state index in [1.54, 1.807) is 11.3 Å². The molecule has 2 aliphatic heterocycles. The van der Waals surface area contributed by atoms with Crippen molar-refractivity contribution >= 4 is 17.4 Å². The minimum Gasteiger partial charge on any atom is -0.320 e. The van der Waals surface area contributed by atoms with Gasteiger partial charge in [0.25, 0.3) is 0 Å². The van der Waals surface area contributed by atoms with E-state index in [2.05, 4.69) is 15.2 Å². The van der Waals surface area contributed by atoms with Gasteiger partial charge in [-0.15, -0.1) is 11.3 Å². The van der Waals surface area contributed by atoms with E-state index in [9.17, 15) is 4.79 Å². The highest BCUT2D eigenvalue weighted by atomic mass is 32.1. The van der Waals surface area contributed by atoms with Gasteiger partial charge in [-0.1, -0.05) is 0 Å². The van der Waals surface area contributed by atoms with Crippen molar-refractivity contribution in [3.8, 4) is 0 Å². The van der Waals surface area contributed by atoms with E-state index in [1.807, 2.05) is 17.2 Å². The lowest BCUT2D eigenvalue weighted by Crippen LogP contribution is -2.45. The predicted octanol–water partition coefficient (Wildman–Crippen LogP) is 1.44.